The van der Waals surface area contributed by atoms with Crippen molar-refractivity contribution < 1.29 is 49.8 Å². The standard InChI is InChI=1S/C16H32O5.C15H20O5/c17-13-9-5-4-7-11-15(19)14(18)10-6-2-1-3-8-12-16(20)21;1-14(2)9-6-15(11(17)5-8(9)13(18)19)10(14)3-4-12(15)20-7-16/h14-15,17-19H,1-13H2,(H,20,21);5,7,9-12,17H,3-4,6H2,1-2H3,(H,18,19)/t;9-,10-,11-,12+,15+/m.0/s1. The second-order valence-electron chi connectivity index (χ2n) is 12.7. The average Bonchev–Trinajstić information content (AvgIpc) is 3.37. The van der Waals surface area contributed by atoms with Crippen molar-refractivity contribution in [3.05, 3.63) is 11.6 Å². The minimum absolute atomic E-state index is 0.0912. The van der Waals surface area contributed by atoms with Crippen molar-refractivity contribution in [3.8, 4) is 0 Å². The van der Waals surface area contributed by atoms with Crippen molar-refractivity contribution in [2.45, 2.75) is 135 Å². The smallest absolute Gasteiger partial charge is 0.331 e. The summed E-state index contributed by atoms with van der Waals surface area (Å²) in [6.07, 6.45) is 10.8. The predicted molar refractivity (Wildman–Crippen MR) is 152 cm³/mol. The zero-order valence-corrected chi connectivity index (χ0v) is 24.7. The number of hydrogen-bond acceptors (Lipinski definition) is 8. The lowest BCUT2D eigenvalue weighted by atomic mass is 9.69. The van der Waals surface area contributed by atoms with Gasteiger partial charge < -0.3 is 35.4 Å². The molecule has 7 atom stereocenters. The second-order valence-corrected chi connectivity index (χ2v) is 12.7. The Morgan fingerprint density at radius 2 is 1.51 bits per heavy atom. The third-order valence-corrected chi connectivity index (χ3v) is 9.79. The zero-order valence-electron chi connectivity index (χ0n) is 24.7. The first-order chi connectivity index (χ1) is 19.4. The van der Waals surface area contributed by atoms with Crippen molar-refractivity contribution >= 4 is 18.4 Å². The van der Waals surface area contributed by atoms with Crippen LogP contribution in [-0.2, 0) is 19.1 Å². The Morgan fingerprint density at radius 3 is 2.05 bits per heavy atom. The molecule has 236 valence electrons. The summed E-state index contributed by atoms with van der Waals surface area (Å²) in [6.45, 7) is 4.81. The second kappa shape index (κ2) is 16.6. The number of aliphatic carboxylic acids is 2. The number of hydrogen-bond donors (Lipinski definition) is 6. The number of rotatable bonds is 18. The van der Waals surface area contributed by atoms with E-state index in [1.54, 1.807) is 0 Å². The van der Waals surface area contributed by atoms with E-state index in [1.165, 1.54) is 6.08 Å². The van der Waals surface area contributed by atoms with Crippen LogP contribution in [0.3, 0.4) is 0 Å². The van der Waals surface area contributed by atoms with Crippen LogP contribution in [0.1, 0.15) is 110 Å². The van der Waals surface area contributed by atoms with Crippen LogP contribution in [0.15, 0.2) is 11.6 Å². The SMILES string of the molecule is CC1(C)[C@H]2C[C@@]3([C@@H](O)C=C2C(=O)O)[C@H](OC=O)CC[C@@H]13.O=C(O)CCCCCCCC(O)C(O)CCCCCCO. The fraction of sp³-hybridized carbons (Fsp3) is 0.839. The first-order valence-corrected chi connectivity index (χ1v) is 15.3. The largest absolute Gasteiger partial charge is 0.481 e. The quantitative estimate of drug-likeness (QED) is 0.102. The number of fused-ring (bicyclic) bond motifs is 1. The third kappa shape index (κ3) is 8.99. The van der Waals surface area contributed by atoms with Gasteiger partial charge in [-0.2, -0.15) is 0 Å². The fourth-order valence-electron chi connectivity index (χ4n) is 7.59. The van der Waals surface area contributed by atoms with Gasteiger partial charge in [0.25, 0.3) is 6.47 Å². The first kappa shape index (κ1) is 35.2. The molecule has 2 unspecified atom stereocenters. The summed E-state index contributed by atoms with van der Waals surface area (Å²) >= 11 is 0. The molecule has 0 aromatic heterocycles. The molecule has 41 heavy (non-hydrogen) atoms. The van der Waals surface area contributed by atoms with E-state index < -0.39 is 35.7 Å². The molecule has 2 saturated carbocycles. The van der Waals surface area contributed by atoms with Crippen LogP contribution >= 0.6 is 0 Å². The third-order valence-electron chi connectivity index (χ3n) is 9.79. The van der Waals surface area contributed by atoms with E-state index in [2.05, 4.69) is 13.8 Å². The number of carbonyl (C=O) groups excluding carboxylic acids is 1. The number of carbonyl (C=O) groups is 3. The maximum atomic E-state index is 11.4. The Morgan fingerprint density at radius 1 is 0.951 bits per heavy atom. The minimum atomic E-state index is -0.954. The molecule has 0 heterocycles. The van der Waals surface area contributed by atoms with Crippen molar-refractivity contribution in [1.82, 2.24) is 0 Å². The fourth-order valence-corrected chi connectivity index (χ4v) is 7.59. The van der Waals surface area contributed by atoms with E-state index in [0.29, 0.717) is 37.7 Å². The normalized spacial score (nSPS) is 29.0. The van der Waals surface area contributed by atoms with Crippen LogP contribution in [-0.4, -0.2) is 80.1 Å². The molecule has 0 saturated heterocycles. The van der Waals surface area contributed by atoms with Gasteiger partial charge in [-0.25, -0.2) is 4.79 Å². The molecule has 3 aliphatic rings. The summed E-state index contributed by atoms with van der Waals surface area (Å²) in [6, 6.07) is 0. The molecule has 2 fully saturated rings. The molecule has 0 aromatic rings. The van der Waals surface area contributed by atoms with Crippen LogP contribution in [0.2, 0.25) is 0 Å². The van der Waals surface area contributed by atoms with Crippen molar-refractivity contribution in [2.75, 3.05) is 6.61 Å². The minimum Gasteiger partial charge on any atom is -0.481 e. The summed E-state index contributed by atoms with van der Waals surface area (Å²) in [5, 5.41) is 56.7. The summed E-state index contributed by atoms with van der Waals surface area (Å²) in [5.41, 5.74) is -0.399. The highest BCUT2D eigenvalue weighted by Gasteiger charge is 2.69. The molecule has 0 aliphatic heterocycles. The highest BCUT2D eigenvalue weighted by Crippen LogP contribution is 2.69. The van der Waals surface area contributed by atoms with E-state index in [0.717, 1.165) is 64.2 Å². The molecule has 3 aliphatic carbocycles. The Balaban J connectivity index is 0.000000287. The van der Waals surface area contributed by atoms with Crippen molar-refractivity contribution in [1.29, 1.82) is 0 Å². The van der Waals surface area contributed by atoms with Gasteiger partial charge in [-0.1, -0.05) is 58.8 Å². The summed E-state index contributed by atoms with van der Waals surface area (Å²) in [5.74, 6) is -1.61. The number of carboxylic acids is 2. The van der Waals surface area contributed by atoms with E-state index in [4.69, 9.17) is 14.9 Å². The van der Waals surface area contributed by atoms with E-state index in [-0.39, 0.29) is 36.4 Å². The van der Waals surface area contributed by atoms with Crippen LogP contribution < -0.4 is 0 Å². The Labute approximate surface area is 243 Å². The van der Waals surface area contributed by atoms with Crippen molar-refractivity contribution in [3.63, 3.8) is 0 Å². The lowest BCUT2D eigenvalue weighted by Crippen LogP contribution is -2.46. The molecule has 3 rings (SSSR count). The summed E-state index contributed by atoms with van der Waals surface area (Å²) in [7, 11) is 0. The monoisotopic (exact) mass is 584 g/mol. The van der Waals surface area contributed by atoms with E-state index >= 15 is 0 Å². The Hall–Kier alpha value is -2.01. The number of aliphatic hydroxyl groups excluding tert-OH is 4. The highest BCUT2D eigenvalue weighted by atomic mass is 16.5. The molecule has 2 bridgehead atoms. The summed E-state index contributed by atoms with van der Waals surface area (Å²) in [4.78, 5) is 32.5. The van der Waals surface area contributed by atoms with Crippen LogP contribution in [0.4, 0.5) is 0 Å². The number of carboxylic acid groups (broad SMARTS) is 2. The molecule has 0 amide bonds. The Bertz CT molecular complexity index is 871. The molecule has 6 N–H and O–H groups in total. The zero-order chi connectivity index (χ0) is 30.6. The van der Waals surface area contributed by atoms with Crippen LogP contribution in [0.25, 0.3) is 0 Å². The van der Waals surface area contributed by atoms with Gasteiger partial charge in [-0.15, -0.1) is 0 Å². The van der Waals surface area contributed by atoms with E-state index in [1.807, 2.05) is 0 Å². The molecular formula is C31H52O10. The van der Waals surface area contributed by atoms with Gasteiger partial charge >= 0.3 is 11.9 Å². The highest BCUT2D eigenvalue weighted by molar-refractivity contribution is 5.88. The van der Waals surface area contributed by atoms with E-state index in [9.17, 15) is 34.8 Å². The average molecular weight is 585 g/mol. The van der Waals surface area contributed by atoms with Gasteiger partial charge in [0.15, 0.2) is 0 Å². The number of unbranched alkanes of at least 4 members (excludes halogenated alkanes) is 7. The van der Waals surface area contributed by atoms with Gasteiger partial charge in [0.05, 0.1) is 18.3 Å². The maximum absolute atomic E-state index is 11.4. The number of aliphatic hydroxyl groups is 4. The van der Waals surface area contributed by atoms with Gasteiger partial charge in [-0.3, -0.25) is 9.59 Å². The lowest BCUT2D eigenvalue weighted by Gasteiger charge is -2.40. The topological polar surface area (TPSA) is 182 Å². The molecule has 0 aromatic carbocycles. The molecule has 0 radical (unpaired) electrons. The molecular weight excluding hydrogens is 532 g/mol. The molecule has 10 nitrogen and oxygen atoms in total. The molecule has 10 heteroatoms. The molecule has 1 spiro atoms. The predicted octanol–water partition coefficient (Wildman–Crippen LogP) is 3.82. The van der Waals surface area contributed by atoms with Crippen LogP contribution in [0, 0.1) is 22.7 Å². The van der Waals surface area contributed by atoms with Gasteiger partial charge in [0.1, 0.15) is 6.10 Å². The van der Waals surface area contributed by atoms with Crippen molar-refractivity contribution in [2.24, 2.45) is 22.7 Å². The summed E-state index contributed by atoms with van der Waals surface area (Å²) < 4.78 is 5.24. The van der Waals surface area contributed by atoms with Crippen LogP contribution in [0.5, 0.6) is 0 Å². The first-order valence-electron chi connectivity index (χ1n) is 15.3. The maximum Gasteiger partial charge on any atom is 0.331 e. The van der Waals surface area contributed by atoms with Gasteiger partial charge in [0, 0.05) is 24.0 Å². The van der Waals surface area contributed by atoms with Gasteiger partial charge in [-0.05, 0) is 68.3 Å². The Kier molecular flexibility index (Phi) is 14.2. The number of ether oxygens (including phenoxy) is 1. The lowest BCUT2D eigenvalue weighted by molar-refractivity contribution is -0.146. The van der Waals surface area contributed by atoms with Gasteiger partial charge in [0.2, 0.25) is 0 Å².